The molecule has 0 radical (unpaired) electrons. The summed E-state index contributed by atoms with van der Waals surface area (Å²) in [5.41, 5.74) is -2.94. The quantitative estimate of drug-likeness (QED) is 0.175. The number of nitrogens with zero attached hydrogens (tertiary/aromatic N) is 2. The minimum atomic E-state index is -1.47. The first-order valence-electron chi connectivity index (χ1n) is 13.6. The molecular weight excluding hydrogens is 460 g/mol. The van der Waals surface area contributed by atoms with Gasteiger partial charge in [-0.1, -0.05) is 37.8 Å². The van der Waals surface area contributed by atoms with Crippen LogP contribution in [-0.4, -0.2) is 37.2 Å². The molecule has 0 N–H and O–H groups in total. The third-order valence-corrected chi connectivity index (χ3v) is 9.55. The summed E-state index contributed by atoms with van der Waals surface area (Å²) in [7, 11) is 0. The van der Waals surface area contributed by atoms with Crippen molar-refractivity contribution in [1.29, 1.82) is 0 Å². The van der Waals surface area contributed by atoms with E-state index in [9.17, 15) is 29.4 Å². The van der Waals surface area contributed by atoms with Gasteiger partial charge in [-0.3, -0.25) is 0 Å². The maximum absolute atomic E-state index is 13.0. The Bertz CT molecular complexity index is 818. The van der Waals surface area contributed by atoms with Crippen molar-refractivity contribution in [2.45, 2.75) is 89.9 Å². The van der Waals surface area contributed by atoms with E-state index >= 15 is 0 Å². The summed E-state index contributed by atoms with van der Waals surface area (Å²) < 4.78 is 0. The minimum Gasteiger partial charge on any atom is -0.549 e. The number of aliphatic carboxylic acids is 2. The molecule has 0 aliphatic heterocycles. The predicted molar refractivity (Wildman–Crippen MR) is 129 cm³/mol. The molecule has 0 amide bonds. The highest BCUT2D eigenvalue weighted by molar-refractivity contribution is 5.86. The molecule has 0 saturated heterocycles. The molecule has 2 fully saturated rings. The number of carbonyl (C=O) groups is 2. The lowest BCUT2D eigenvalue weighted by Crippen LogP contribution is -2.67. The van der Waals surface area contributed by atoms with Gasteiger partial charge in [-0.2, -0.15) is 0 Å². The van der Waals surface area contributed by atoms with Gasteiger partial charge in [-0.05, 0) is 87.9 Å². The zero-order valence-corrected chi connectivity index (χ0v) is 21.1. The molecule has 2 saturated carbocycles. The number of allylic oxidation sites excluding steroid dienone is 2. The fourth-order valence-electron chi connectivity index (χ4n) is 7.73. The van der Waals surface area contributed by atoms with Gasteiger partial charge in [0, 0.05) is 22.8 Å². The van der Waals surface area contributed by atoms with Crippen LogP contribution in [0.1, 0.15) is 89.9 Å². The Hall–Kier alpha value is -2.56. The average Bonchev–Trinajstić information content (AvgIpc) is 2.89. The maximum atomic E-state index is 13.0. The molecule has 2 atom stereocenters. The Balaban J connectivity index is 1.77. The second kappa shape index (κ2) is 13.1. The lowest BCUT2D eigenvalue weighted by Gasteiger charge is -2.62. The van der Waals surface area contributed by atoms with Crippen LogP contribution in [0.2, 0.25) is 0 Å². The molecule has 36 heavy (non-hydrogen) atoms. The highest BCUT2D eigenvalue weighted by Crippen LogP contribution is 2.62. The monoisotopic (exact) mass is 498 g/mol. The first-order valence-corrected chi connectivity index (χ1v) is 13.6. The van der Waals surface area contributed by atoms with E-state index in [-0.39, 0.29) is 24.7 Å². The number of carboxylic acids is 2. The second-order valence-corrected chi connectivity index (χ2v) is 11.1. The Kier molecular flexibility index (Phi) is 10.2. The van der Waals surface area contributed by atoms with Gasteiger partial charge < -0.3 is 19.8 Å². The Morgan fingerprint density at radius 2 is 1.06 bits per heavy atom. The van der Waals surface area contributed by atoms with E-state index in [0.717, 1.165) is 51.4 Å². The second-order valence-electron chi connectivity index (χ2n) is 11.1. The van der Waals surface area contributed by atoms with E-state index in [2.05, 4.69) is 9.98 Å². The zero-order chi connectivity index (χ0) is 26.0. The summed E-state index contributed by atoms with van der Waals surface area (Å²) >= 11 is 0. The van der Waals surface area contributed by atoms with Crippen molar-refractivity contribution >= 4 is 24.1 Å². The van der Waals surface area contributed by atoms with Gasteiger partial charge in [0.25, 0.3) is 0 Å². The molecule has 0 heterocycles. The fraction of sp³-hybridized carbons (Fsp3) is 0.786. The van der Waals surface area contributed by atoms with Crippen molar-refractivity contribution in [3.05, 3.63) is 12.2 Å². The van der Waals surface area contributed by atoms with E-state index in [0.29, 0.717) is 50.6 Å². The number of isocyanates is 2. The smallest absolute Gasteiger partial charge is 0.234 e. The average molecular weight is 499 g/mol. The van der Waals surface area contributed by atoms with Gasteiger partial charge in [0.05, 0.1) is 13.1 Å². The molecule has 0 bridgehead atoms. The van der Waals surface area contributed by atoms with Crippen molar-refractivity contribution < 1.29 is 29.4 Å². The largest absolute Gasteiger partial charge is 0.549 e. The SMILES string of the molecule is O=C=NCCCC1CCC(C2(C(=O)[O-])CC=CCC2(C(=O)[O-])C2CCC(CCCN=C=O)CC2)CC1. The Morgan fingerprint density at radius 3 is 1.36 bits per heavy atom. The molecule has 198 valence electrons. The van der Waals surface area contributed by atoms with E-state index in [1.54, 1.807) is 12.2 Å². The lowest BCUT2D eigenvalue weighted by molar-refractivity contribution is -0.355. The third kappa shape index (κ3) is 5.71. The molecule has 8 nitrogen and oxygen atoms in total. The van der Waals surface area contributed by atoms with E-state index < -0.39 is 22.8 Å². The number of rotatable bonds is 12. The van der Waals surface area contributed by atoms with Crippen LogP contribution in [0.25, 0.3) is 0 Å². The van der Waals surface area contributed by atoms with Crippen LogP contribution in [0.4, 0.5) is 0 Å². The molecule has 3 aliphatic rings. The maximum Gasteiger partial charge on any atom is 0.234 e. The van der Waals surface area contributed by atoms with Crippen LogP contribution in [0.5, 0.6) is 0 Å². The summed E-state index contributed by atoms with van der Waals surface area (Å²) in [4.78, 5) is 53.8. The van der Waals surface area contributed by atoms with E-state index in [1.165, 1.54) is 0 Å². The summed E-state index contributed by atoms with van der Waals surface area (Å²) in [5.74, 6) is -2.17. The van der Waals surface area contributed by atoms with Crippen LogP contribution in [0, 0.1) is 34.5 Å². The number of hydrogen-bond donors (Lipinski definition) is 0. The molecule has 3 rings (SSSR count). The first kappa shape index (κ1) is 28.0. The summed E-state index contributed by atoms with van der Waals surface area (Å²) in [6, 6.07) is 0. The van der Waals surface area contributed by atoms with Gasteiger partial charge >= 0.3 is 0 Å². The highest BCUT2D eigenvalue weighted by Gasteiger charge is 2.61. The normalized spacial score (nSPS) is 34.2. The van der Waals surface area contributed by atoms with Crippen LogP contribution < -0.4 is 10.2 Å². The molecule has 3 aliphatic carbocycles. The third-order valence-electron chi connectivity index (χ3n) is 9.55. The van der Waals surface area contributed by atoms with Crippen molar-refractivity contribution in [3.63, 3.8) is 0 Å². The van der Waals surface area contributed by atoms with Gasteiger partial charge in [-0.15, -0.1) is 0 Å². The minimum absolute atomic E-state index is 0.177. The van der Waals surface area contributed by atoms with Crippen molar-refractivity contribution in [2.24, 2.45) is 44.5 Å². The topological polar surface area (TPSA) is 139 Å². The van der Waals surface area contributed by atoms with Crippen molar-refractivity contribution in [1.82, 2.24) is 0 Å². The molecule has 0 aromatic heterocycles. The van der Waals surface area contributed by atoms with Crippen LogP contribution in [0.3, 0.4) is 0 Å². The van der Waals surface area contributed by atoms with E-state index in [1.807, 2.05) is 12.2 Å². The summed E-state index contributed by atoms with van der Waals surface area (Å²) in [5, 5.41) is 26.0. The van der Waals surface area contributed by atoms with Crippen LogP contribution in [-0.2, 0) is 19.2 Å². The molecule has 2 unspecified atom stereocenters. The molecule has 0 spiro atoms. The number of aliphatic imine (C=N–C) groups is 2. The molecule has 0 aromatic carbocycles. The number of hydrogen-bond acceptors (Lipinski definition) is 8. The van der Waals surface area contributed by atoms with Crippen molar-refractivity contribution in [2.75, 3.05) is 13.1 Å². The number of carbonyl (C=O) groups excluding carboxylic acids is 4. The Labute approximate surface area is 213 Å². The lowest BCUT2D eigenvalue weighted by atomic mass is 9.44. The van der Waals surface area contributed by atoms with Gasteiger partial charge in [0.2, 0.25) is 12.2 Å². The fourth-order valence-corrected chi connectivity index (χ4v) is 7.73. The van der Waals surface area contributed by atoms with Crippen LogP contribution in [0.15, 0.2) is 22.1 Å². The molecule has 8 heteroatoms. The standard InChI is InChI=1S/C28H40N2O6/c31-19-29-17-3-5-21-7-11-23(12-8-21)27(25(33)34)15-1-2-16-28(27,26(35)36)24-13-9-22(10-14-24)6-4-18-30-20-32/h1-2,21-24H,3-18H2,(H,33,34)(H,35,36)/p-2. The highest BCUT2D eigenvalue weighted by atomic mass is 16.4. The zero-order valence-electron chi connectivity index (χ0n) is 21.1. The van der Waals surface area contributed by atoms with Gasteiger partial charge in [0.1, 0.15) is 0 Å². The summed E-state index contributed by atoms with van der Waals surface area (Å²) in [6.45, 7) is 0.913. The Morgan fingerprint density at radius 1 is 0.694 bits per heavy atom. The summed E-state index contributed by atoms with van der Waals surface area (Å²) in [6.07, 6.45) is 16.6. The van der Waals surface area contributed by atoms with Gasteiger partial charge in [0.15, 0.2) is 0 Å². The molecule has 0 aromatic rings. The first-order chi connectivity index (χ1) is 17.4. The van der Waals surface area contributed by atoms with E-state index in [4.69, 9.17) is 0 Å². The van der Waals surface area contributed by atoms with Crippen molar-refractivity contribution in [3.8, 4) is 0 Å². The predicted octanol–water partition coefficient (Wildman–Crippen LogP) is 2.65. The molecular formula is C28H38N2O6-2. The number of carboxylic acid groups (broad SMARTS) is 2. The van der Waals surface area contributed by atoms with Gasteiger partial charge in [-0.25, -0.2) is 19.6 Å². The van der Waals surface area contributed by atoms with Crippen LogP contribution >= 0.6 is 0 Å².